The smallest absolute Gasteiger partial charge is 0.258 e. The maximum Gasteiger partial charge on any atom is 0.281 e. The summed E-state index contributed by atoms with van der Waals surface area (Å²) in [4.78, 5) is 10.2. The molecule has 104 valence electrons. The molecule has 0 spiro atoms. The summed E-state index contributed by atoms with van der Waals surface area (Å²) in [5.74, 6) is -0.689. The Bertz CT molecular complexity index is 546. The molecule has 0 amide bonds. The third kappa shape index (κ3) is 3.92. The first-order valence-corrected chi connectivity index (χ1v) is 6.94. The van der Waals surface area contributed by atoms with Crippen molar-refractivity contribution in [2.75, 3.05) is 0 Å². The highest BCUT2D eigenvalue weighted by molar-refractivity contribution is 7.84. The Morgan fingerprint density at radius 2 is 2.21 bits per heavy atom. The number of halogens is 1. The second kappa shape index (κ2) is 6.51. The maximum absolute atomic E-state index is 13.0. The van der Waals surface area contributed by atoms with Crippen molar-refractivity contribution in [3.8, 4) is 0 Å². The largest absolute Gasteiger partial charge is 0.281 e. The monoisotopic (exact) mass is 286 g/mol. The van der Waals surface area contributed by atoms with Gasteiger partial charge in [-0.15, -0.1) is 0 Å². The van der Waals surface area contributed by atoms with E-state index in [-0.39, 0.29) is 22.2 Å². The highest BCUT2D eigenvalue weighted by Crippen LogP contribution is 2.21. The Morgan fingerprint density at radius 3 is 2.74 bits per heavy atom. The fourth-order valence-corrected chi connectivity index (χ4v) is 2.21. The van der Waals surface area contributed by atoms with E-state index < -0.39 is 21.7 Å². The Hall–Kier alpha value is -1.63. The van der Waals surface area contributed by atoms with Gasteiger partial charge in [0.15, 0.2) is 0 Å². The second-order valence-electron chi connectivity index (χ2n) is 4.09. The minimum Gasteiger partial charge on any atom is -0.258 e. The molecule has 1 unspecified atom stereocenters. The lowest BCUT2D eigenvalue weighted by Crippen LogP contribution is -2.10. The van der Waals surface area contributed by atoms with E-state index in [2.05, 4.69) is 4.40 Å². The van der Waals surface area contributed by atoms with Crippen LogP contribution >= 0.6 is 0 Å². The molecule has 0 radical (unpaired) electrons. The summed E-state index contributed by atoms with van der Waals surface area (Å²) in [6, 6.07) is 3.23. The highest BCUT2D eigenvalue weighted by atomic mass is 32.2. The van der Waals surface area contributed by atoms with E-state index in [1.54, 1.807) is 6.92 Å². The van der Waals surface area contributed by atoms with Crippen molar-refractivity contribution in [1.29, 1.82) is 0 Å². The van der Waals surface area contributed by atoms with Gasteiger partial charge in [-0.3, -0.25) is 10.1 Å². The van der Waals surface area contributed by atoms with Crippen LogP contribution in [-0.2, 0) is 11.0 Å². The van der Waals surface area contributed by atoms with Crippen molar-refractivity contribution in [2.45, 2.75) is 32.4 Å². The van der Waals surface area contributed by atoms with Crippen LogP contribution in [0.5, 0.6) is 0 Å². The lowest BCUT2D eigenvalue weighted by molar-refractivity contribution is -0.385. The summed E-state index contributed by atoms with van der Waals surface area (Å²) < 4.78 is 28.8. The van der Waals surface area contributed by atoms with Crippen LogP contribution in [0, 0.1) is 15.9 Å². The van der Waals surface area contributed by atoms with Crippen LogP contribution in [0.1, 0.15) is 32.8 Å². The highest BCUT2D eigenvalue weighted by Gasteiger charge is 2.18. The lowest BCUT2D eigenvalue weighted by atomic mass is 10.1. The van der Waals surface area contributed by atoms with E-state index in [1.165, 1.54) is 13.0 Å². The van der Waals surface area contributed by atoms with Gasteiger partial charge < -0.3 is 0 Å². The van der Waals surface area contributed by atoms with Gasteiger partial charge >= 0.3 is 0 Å². The van der Waals surface area contributed by atoms with E-state index in [1.807, 2.05) is 6.92 Å². The lowest BCUT2D eigenvalue weighted by Gasteiger charge is -2.06. The summed E-state index contributed by atoms with van der Waals surface area (Å²) in [5.41, 5.74) is 0.0794. The zero-order valence-electron chi connectivity index (χ0n) is 10.9. The summed E-state index contributed by atoms with van der Waals surface area (Å²) >= 11 is 0. The normalized spacial score (nSPS) is 15.1. The Morgan fingerprint density at radius 1 is 1.58 bits per heavy atom. The van der Waals surface area contributed by atoms with Gasteiger partial charge in [-0.05, 0) is 32.4 Å². The molecule has 0 aliphatic carbocycles. The quantitative estimate of drug-likeness (QED) is 0.474. The number of nitro benzene ring substituents is 1. The van der Waals surface area contributed by atoms with Crippen molar-refractivity contribution >= 4 is 22.4 Å². The minimum atomic E-state index is -1.45. The van der Waals surface area contributed by atoms with E-state index in [4.69, 9.17) is 0 Å². The van der Waals surface area contributed by atoms with E-state index in [0.29, 0.717) is 6.42 Å². The average Bonchev–Trinajstić information content (AvgIpc) is 2.37. The van der Waals surface area contributed by atoms with Crippen molar-refractivity contribution < 1.29 is 13.5 Å². The molecule has 1 rings (SSSR count). The number of nitrogens with zero attached hydrogens (tertiary/aromatic N) is 2. The summed E-state index contributed by atoms with van der Waals surface area (Å²) in [7, 11) is -1.45. The summed E-state index contributed by atoms with van der Waals surface area (Å²) in [6.45, 7) is 5.19. The SMILES string of the molecule is CC[C@@H](C)S(=O)N=C(C)c1ccc(F)cc1[N+](=O)[O-]. The van der Waals surface area contributed by atoms with Crippen molar-refractivity contribution in [3.05, 3.63) is 39.7 Å². The molecule has 0 saturated carbocycles. The van der Waals surface area contributed by atoms with Gasteiger partial charge in [0.2, 0.25) is 0 Å². The molecule has 19 heavy (non-hydrogen) atoms. The van der Waals surface area contributed by atoms with Gasteiger partial charge in [0.05, 0.1) is 27.5 Å². The standard InChI is InChI=1S/C12H15FN2O3S/c1-4-8(2)19(18)14-9(3)11-6-5-10(13)7-12(11)15(16)17/h5-8H,4H2,1-3H3/t8-,19?/m1/s1. The molecule has 5 nitrogen and oxygen atoms in total. The van der Waals surface area contributed by atoms with Gasteiger partial charge in [-0.2, -0.15) is 4.40 Å². The van der Waals surface area contributed by atoms with Crippen LogP contribution in [0.2, 0.25) is 0 Å². The van der Waals surface area contributed by atoms with Crippen LogP contribution in [0.4, 0.5) is 10.1 Å². The molecule has 1 aromatic rings. The molecular formula is C12H15FN2O3S. The van der Waals surface area contributed by atoms with E-state index >= 15 is 0 Å². The van der Waals surface area contributed by atoms with E-state index in [0.717, 1.165) is 12.1 Å². The van der Waals surface area contributed by atoms with Gasteiger partial charge in [0.25, 0.3) is 5.69 Å². The van der Waals surface area contributed by atoms with Gasteiger partial charge in [0, 0.05) is 0 Å². The average molecular weight is 286 g/mol. The summed E-state index contributed by atoms with van der Waals surface area (Å²) in [5, 5.41) is 10.7. The molecule has 0 aliphatic rings. The number of hydrogen-bond acceptors (Lipinski definition) is 3. The second-order valence-corrected chi connectivity index (χ2v) is 5.63. The molecule has 0 fully saturated rings. The molecular weight excluding hydrogens is 271 g/mol. The number of hydrogen-bond donors (Lipinski definition) is 0. The molecule has 0 aromatic heterocycles. The van der Waals surface area contributed by atoms with Crippen LogP contribution < -0.4 is 0 Å². The Labute approximate surface area is 113 Å². The first kappa shape index (κ1) is 15.4. The number of nitro groups is 1. The van der Waals surface area contributed by atoms with Gasteiger partial charge in [-0.25, -0.2) is 8.60 Å². The predicted octanol–water partition coefficient (Wildman–Crippen LogP) is 3.01. The Balaban J connectivity index is 3.19. The zero-order valence-corrected chi connectivity index (χ0v) is 11.7. The zero-order chi connectivity index (χ0) is 14.6. The third-order valence-corrected chi connectivity index (χ3v) is 4.17. The molecule has 0 bridgehead atoms. The topological polar surface area (TPSA) is 72.6 Å². The Kier molecular flexibility index (Phi) is 5.29. The minimum absolute atomic E-state index is 0.130. The first-order chi connectivity index (χ1) is 8.86. The van der Waals surface area contributed by atoms with Crippen molar-refractivity contribution in [2.24, 2.45) is 4.40 Å². The molecule has 0 aliphatic heterocycles. The maximum atomic E-state index is 13.0. The molecule has 0 saturated heterocycles. The van der Waals surface area contributed by atoms with Crippen LogP contribution in [0.3, 0.4) is 0 Å². The van der Waals surface area contributed by atoms with Gasteiger partial charge in [0.1, 0.15) is 16.8 Å². The first-order valence-electron chi connectivity index (χ1n) is 5.77. The van der Waals surface area contributed by atoms with Crippen LogP contribution in [0.15, 0.2) is 22.6 Å². The molecule has 7 heteroatoms. The number of benzene rings is 1. The fourth-order valence-electron chi connectivity index (χ4n) is 1.38. The van der Waals surface area contributed by atoms with Crippen LogP contribution in [0.25, 0.3) is 0 Å². The van der Waals surface area contributed by atoms with Crippen molar-refractivity contribution in [3.63, 3.8) is 0 Å². The molecule has 0 heterocycles. The fraction of sp³-hybridized carbons (Fsp3) is 0.417. The van der Waals surface area contributed by atoms with Crippen molar-refractivity contribution in [1.82, 2.24) is 0 Å². The van der Waals surface area contributed by atoms with Crippen LogP contribution in [-0.4, -0.2) is 20.1 Å². The van der Waals surface area contributed by atoms with Gasteiger partial charge in [-0.1, -0.05) is 6.92 Å². The molecule has 0 N–H and O–H groups in total. The third-order valence-electron chi connectivity index (χ3n) is 2.69. The molecule has 1 aromatic carbocycles. The molecule has 2 atom stereocenters. The number of rotatable bonds is 5. The predicted molar refractivity (Wildman–Crippen MR) is 73.2 cm³/mol. The van der Waals surface area contributed by atoms with E-state index in [9.17, 15) is 18.7 Å². The summed E-state index contributed by atoms with van der Waals surface area (Å²) in [6.07, 6.45) is 0.689.